The van der Waals surface area contributed by atoms with E-state index in [1.165, 1.54) is 46.8 Å². The molecule has 1 saturated heterocycles. The molecule has 1 fully saturated rings. The van der Waals surface area contributed by atoms with Crippen LogP contribution in [0.25, 0.3) is 0 Å². The summed E-state index contributed by atoms with van der Waals surface area (Å²) in [5, 5.41) is 2.29. The minimum absolute atomic E-state index is 0.0459. The number of hydrogen-bond acceptors (Lipinski definition) is 6. The Morgan fingerprint density at radius 3 is 2.38 bits per heavy atom. The number of hydrogen-bond donors (Lipinski definition) is 1. The molecule has 1 amide bonds. The average Bonchev–Trinajstić information content (AvgIpc) is 3.04. The smallest absolute Gasteiger partial charge is 0.418 e. The normalized spacial score (nSPS) is 16.0. The summed E-state index contributed by atoms with van der Waals surface area (Å²) in [6.45, 7) is 0.572. The number of methoxy groups -OCH3 is 1. The number of amides is 1. The first-order valence-corrected chi connectivity index (χ1v) is 11.8. The summed E-state index contributed by atoms with van der Waals surface area (Å²) in [6, 6.07) is 10.4. The molecule has 0 atom stereocenters. The molecule has 0 aromatic heterocycles. The first-order valence-electron chi connectivity index (χ1n) is 10.4. The van der Waals surface area contributed by atoms with Crippen LogP contribution in [-0.2, 0) is 25.7 Å². The molecule has 1 N–H and O–H groups in total. The minimum atomic E-state index is -4.61. The Morgan fingerprint density at radius 2 is 1.68 bits per heavy atom. The number of carbonyl (C=O) groups excluding carboxylic acids is 2. The van der Waals surface area contributed by atoms with Crippen LogP contribution in [0.1, 0.15) is 22.3 Å². The molecule has 1 aliphatic heterocycles. The Kier molecular flexibility index (Phi) is 7.95. The number of para-hydroxylation sites is 1. The van der Waals surface area contributed by atoms with Crippen molar-refractivity contribution in [1.82, 2.24) is 9.21 Å². The number of esters is 1. The number of ether oxygens (including phenoxy) is 1. The van der Waals surface area contributed by atoms with Crippen molar-refractivity contribution in [3.05, 3.63) is 59.7 Å². The lowest BCUT2D eigenvalue weighted by Gasteiger charge is -2.22. The van der Waals surface area contributed by atoms with E-state index in [9.17, 15) is 31.2 Å². The van der Waals surface area contributed by atoms with Gasteiger partial charge in [-0.15, -0.1) is 0 Å². The molecule has 3 rings (SSSR count). The van der Waals surface area contributed by atoms with E-state index in [1.54, 1.807) is 4.90 Å². The molecule has 2 aromatic rings. The Hall–Kier alpha value is -2.96. The summed E-state index contributed by atoms with van der Waals surface area (Å²) in [7, 11) is -2.85. The van der Waals surface area contributed by atoms with Crippen LogP contribution in [0.15, 0.2) is 53.4 Å². The molecule has 12 heteroatoms. The van der Waals surface area contributed by atoms with Crippen LogP contribution in [0.3, 0.4) is 0 Å². The first-order chi connectivity index (χ1) is 16.0. The molecule has 1 heterocycles. The zero-order valence-electron chi connectivity index (χ0n) is 18.3. The van der Waals surface area contributed by atoms with Gasteiger partial charge < -0.3 is 10.1 Å². The molecule has 1 aliphatic rings. The van der Waals surface area contributed by atoms with Gasteiger partial charge in [0.05, 0.1) is 35.4 Å². The van der Waals surface area contributed by atoms with Gasteiger partial charge in [-0.25, -0.2) is 13.2 Å². The number of rotatable bonds is 6. The standard InChI is InChI=1S/C22H24F3N3O5S/c1-33-21(30)16-7-2-5-10-19(16)34(31,32)28-12-6-11-27(13-14-28)15-20(29)26-18-9-4-3-8-17(18)22(23,24)25/h2-5,7-10H,6,11-15H2,1H3,(H,26,29). The third-order valence-corrected chi connectivity index (χ3v) is 7.29. The maximum atomic E-state index is 13.2. The number of alkyl halides is 3. The fourth-order valence-electron chi connectivity index (χ4n) is 3.69. The highest BCUT2D eigenvalue weighted by Gasteiger charge is 2.34. The molecular weight excluding hydrogens is 475 g/mol. The van der Waals surface area contributed by atoms with Crippen LogP contribution in [0.2, 0.25) is 0 Å². The maximum Gasteiger partial charge on any atom is 0.418 e. The summed E-state index contributed by atoms with van der Waals surface area (Å²) in [5.74, 6) is -1.41. The number of nitrogens with zero attached hydrogens (tertiary/aromatic N) is 2. The van der Waals surface area contributed by atoms with Crippen molar-refractivity contribution in [3.63, 3.8) is 0 Å². The van der Waals surface area contributed by atoms with Crippen LogP contribution in [0.5, 0.6) is 0 Å². The van der Waals surface area contributed by atoms with Crippen LogP contribution >= 0.6 is 0 Å². The van der Waals surface area contributed by atoms with E-state index < -0.39 is 33.6 Å². The minimum Gasteiger partial charge on any atom is -0.465 e. The zero-order chi connectivity index (χ0) is 24.9. The van der Waals surface area contributed by atoms with Crippen molar-refractivity contribution < 1.29 is 35.9 Å². The monoisotopic (exact) mass is 499 g/mol. The molecule has 8 nitrogen and oxygen atoms in total. The molecule has 0 unspecified atom stereocenters. The van der Waals surface area contributed by atoms with Crippen molar-refractivity contribution in [3.8, 4) is 0 Å². The lowest BCUT2D eigenvalue weighted by Crippen LogP contribution is -2.38. The number of carbonyl (C=O) groups is 2. The Bertz CT molecular complexity index is 1150. The third kappa shape index (κ3) is 5.93. The van der Waals surface area contributed by atoms with Gasteiger partial charge in [0.1, 0.15) is 0 Å². The third-order valence-electron chi connectivity index (χ3n) is 5.33. The molecule has 0 bridgehead atoms. The van der Waals surface area contributed by atoms with Crippen molar-refractivity contribution >= 4 is 27.6 Å². The summed E-state index contributed by atoms with van der Waals surface area (Å²) >= 11 is 0. The van der Waals surface area contributed by atoms with Gasteiger partial charge in [-0.3, -0.25) is 9.69 Å². The van der Waals surface area contributed by atoms with Crippen molar-refractivity contribution in [2.75, 3.05) is 45.2 Å². The second kappa shape index (κ2) is 10.5. The van der Waals surface area contributed by atoms with E-state index in [1.807, 2.05) is 0 Å². The average molecular weight is 500 g/mol. The highest BCUT2D eigenvalue weighted by atomic mass is 32.2. The zero-order valence-corrected chi connectivity index (χ0v) is 19.2. The SMILES string of the molecule is COC(=O)c1ccccc1S(=O)(=O)N1CCCN(CC(=O)Nc2ccccc2C(F)(F)F)CC1. The van der Waals surface area contributed by atoms with Crippen LogP contribution in [-0.4, -0.2) is 69.3 Å². The van der Waals surface area contributed by atoms with Gasteiger partial charge >= 0.3 is 12.1 Å². The summed E-state index contributed by atoms with van der Waals surface area (Å²) in [4.78, 5) is 25.9. The van der Waals surface area contributed by atoms with E-state index in [-0.39, 0.29) is 42.3 Å². The Morgan fingerprint density at radius 1 is 1.00 bits per heavy atom. The van der Waals surface area contributed by atoms with Crippen LogP contribution in [0.4, 0.5) is 18.9 Å². The predicted molar refractivity (Wildman–Crippen MR) is 118 cm³/mol. The van der Waals surface area contributed by atoms with Gasteiger partial charge in [0.25, 0.3) is 0 Å². The molecule has 184 valence electrons. The molecule has 0 spiro atoms. The predicted octanol–water partition coefficient (Wildman–Crippen LogP) is 2.83. The van der Waals surface area contributed by atoms with E-state index in [0.717, 1.165) is 13.2 Å². The van der Waals surface area contributed by atoms with Gasteiger partial charge in [0, 0.05) is 19.6 Å². The molecule has 34 heavy (non-hydrogen) atoms. The topological polar surface area (TPSA) is 96.0 Å². The lowest BCUT2D eigenvalue weighted by molar-refractivity contribution is -0.137. The summed E-state index contributed by atoms with van der Waals surface area (Å²) in [6.07, 6.45) is -4.21. The van der Waals surface area contributed by atoms with E-state index >= 15 is 0 Å². The molecule has 0 radical (unpaired) electrons. The van der Waals surface area contributed by atoms with E-state index in [4.69, 9.17) is 0 Å². The second-order valence-electron chi connectivity index (χ2n) is 7.61. The number of halogens is 3. The van der Waals surface area contributed by atoms with Crippen molar-refractivity contribution in [2.45, 2.75) is 17.5 Å². The molecular formula is C22H24F3N3O5S. The fraction of sp³-hybridized carbons (Fsp3) is 0.364. The largest absolute Gasteiger partial charge is 0.465 e. The number of benzene rings is 2. The van der Waals surface area contributed by atoms with E-state index in [2.05, 4.69) is 10.1 Å². The summed E-state index contributed by atoms with van der Waals surface area (Å²) < 4.78 is 71.8. The van der Waals surface area contributed by atoms with E-state index in [0.29, 0.717) is 13.0 Å². The van der Waals surface area contributed by atoms with Crippen molar-refractivity contribution in [2.24, 2.45) is 0 Å². The number of nitrogens with one attached hydrogen (secondary N) is 1. The van der Waals surface area contributed by atoms with Gasteiger partial charge in [0.15, 0.2) is 0 Å². The summed E-state index contributed by atoms with van der Waals surface area (Å²) in [5.41, 5.74) is -1.35. The van der Waals surface area contributed by atoms with Crippen molar-refractivity contribution in [1.29, 1.82) is 0 Å². The highest BCUT2D eigenvalue weighted by molar-refractivity contribution is 7.89. The van der Waals surface area contributed by atoms with Crippen LogP contribution in [0, 0.1) is 0 Å². The van der Waals surface area contributed by atoms with Gasteiger partial charge in [-0.05, 0) is 37.2 Å². The molecule has 0 aliphatic carbocycles. The first kappa shape index (κ1) is 25.7. The van der Waals surface area contributed by atoms with Gasteiger partial charge in [0.2, 0.25) is 15.9 Å². The fourth-order valence-corrected chi connectivity index (χ4v) is 5.34. The Labute approximate surface area is 195 Å². The maximum absolute atomic E-state index is 13.2. The molecule has 0 saturated carbocycles. The number of anilines is 1. The second-order valence-corrected chi connectivity index (χ2v) is 9.52. The van der Waals surface area contributed by atoms with Gasteiger partial charge in [-0.1, -0.05) is 24.3 Å². The molecule has 2 aromatic carbocycles. The lowest BCUT2D eigenvalue weighted by atomic mass is 10.1. The Balaban J connectivity index is 1.67. The van der Waals surface area contributed by atoms with Gasteiger partial charge in [-0.2, -0.15) is 17.5 Å². The van der Waals surface area contributed by atoms with Crippen LogP contribution < -0.4 is 5.32 Å². The quantitative estimate of drug-likeness (QED) is 0.615. The highest BCUT2D eigenvalue weighted by Crippen LogP contribution is 2.34. The number of sulfonamides is 1.